The van der Waals surface area contributed by atoms with Crippen LogP contribution in [0.4, 0.5) is 11.8 Å². The SMILES string of the molecule is Nc1nc(N)c(-c2ccc(Cl)c(Cl)c2)c(COc2cccc3ccccc23)n1. The molecule has 0 aliphatic heterocycles. The summed E-state index contributed by atoms with van der Waals surface area (Å²) in [6.07, 6.45) is 0. The molecule has 4 N–H and O–H groups in total. The second kappa shape index (κ2) is 7.54. The second-order valence-electron chi connectivity index (χ2n) is 6.18. The van der Waals surface area contributed by atoms with Gasteiger partial charge in [-0.1, -0.05) is 65.7 Å². The zero-order valence-electron chi connectivity index (χ0n) is 14.7. The second-order valence-corrected chi connectivity index (χ2v) is 7.00. The minimum absolute atomic E-state index is 0.0813. The van der Waals surface area contributed by atoms with Gasteiger partial charge in [0.25, 0.3) is 0 Å². The number of ether oxygens (including phenoxy) is 1. The molecule has 0 atom stereocenters. The summed E-state index contributed by atoms with van der Waals surface area (Å²) < 4.78 is 6.07. The molecular weight excluding hydrogens is 395 g/mol. The third-order valence-electron chi connectivity index (χ3n) is 4.35. The molecule has 140 valence electrons. The van der Waals surface area contributed by atoms with E-state index < -0.39 is 0 Å². The van der Waals surface area contributed by atoms with E-state index in [0.717, 1.165) is 22.1 Å². The number of benzene rings is 3. The molecule has 0 saturated carbocycles. The maximum atomic E-state index is 6.17. The first-order chi connectivity index (χ1) is 13.5. The van der Waals surface area contributed by atoms with Crippen molar-refractivity contribution >= 4 is 45.7 Å². The lowest BCUT2D eigenvalue weighted by Crippen LogP contribution is -2.09. The molecule has 3 aromatic carbocycles. The number of aromatic nitrogens is 2. The highest BCUT2D eigenvalue weighted by atomic mass is 35.5. The summed E-state index contributed by atoms with van der Waals surface area (Å²) in [4.78, 5) is 8.42. The molecule has 4 aromatic rings. The van der Waals surface area contributed by atoms with E-state index in [1.54, 1.807) is 18.2 Å². The maximum Gasteiger partial charge on any atom is 0.222 e. The van der Waals surface area contributed by atoms with E-state index in [9.17, 15) is 0 Å². The van der Waals surface area contributed by atoms with E-state index in [1.807, 2.05) is 42.5 Å². The average molecular weight is 411 g/mol. The van der Waals surface area contributed by atoms with Gasteiger partial charge in [-0.3, -0.25) is 0 Å². The molecular formula is C21H16Cl2N4O. The fourth-order valence-corrected chi connectivity index (χ4v) is 3.38. The molecule has 5 nitrogen and oxygen atoms in total. The van der Waals surface area contributed by atoms with Gasteiger partial charge in [0.1, 0.15) is 18.2 Å². The van der Waals surface area contributed by atoms with Crippen LogP contribution < -0.4 is 16.2 Å². The highest BCUT2D eigenvalue weighted by Gasteiger charge is 2.16. The van der Waals surface area contributed by atoms with Crippen LogP contribution in [0.2, 0.25) is 10.0 Å². The topological polar surface area (TPSA) is 87.0 Å². The third kappa shape index (κ3) is 3.54. The number of nitrogen functional groups attached to an aromatic ring is 2. The molecule has 0 aliphatic carbocycles. The minimum Gasteiger partial charge on any atom is -0.487 e. The number of hydrogen-bond donors (Lipinski definition) is 2. The van der Waals surface area contributed by atoms with E-state index in [0.29, 0.717) is 21.3 Å². The van der Waals surface area contributed by atoms with E-state index >= 15 is 0 Å². The highest BCUT2D eigenvalue weighted by Crippen LogP contribution is 2.34. The Morgan fingerprint density at radius 2 is 1.64 bits per heavy atom. The van der Waals surface area contributed by atoms with Crippen LogP contribution in [0, 0.1) is 0 Å². The van der Waals surface area contributed by atoms with Gasteiger partial charge in [-0.2, -0.15) is 4.98 Å². The van der Waals surface area contributed by atoms with Crippen molar-refractivity contribution in [2.24, 2.45) is 0 Å². The predicted octanol–water partition coefficient (Wildman–Crippen LogP) is 5.35. The van der Waals surface area contributed by atoms with E-state index in [4.69, 9.17) is 39.4 Å². The van der Waals surface area contributed by atoms with Crippen molar-refractivity contribution in [1.82, 2.24) is 9.97 Å². The Bertz CT molecular complexity index is 1180. The van der Waals surface area contributed by atoms with Crippen molar-refractivity contribution in [3.8, 4) is 16.9 Å². The molecule has 7 heteroatoms. The van der Waals surface area contributed by atoms with Crippen molar-refractivity contribution in [3.63, 3.8) is 0 Å². The summed E-state index contributed by atoms with van der Waals surface area (Å²) in [5.74, 6) is 1.08. The first-order valence-electron chi connectivity index (χ1n) is 8.51. The monoisotopic (exact) mass is 410 g/mol. The van der Waals surface area contributed by atoms with Gasteiger partial charge in [-0.05, 0) is 29.1 Å². The van der Waals surface area contributed by atoms with Gasteiger partial charge in [-0.15, -0.1) is 0 Å². The van der Waals surface area contributed by atoms with Gasteiger partial charge in [0.2, 0.25) is 5.95 Å². The number of hydrogen-bond acceptors (Lipinski definition) is 5. The summed E-state index contributed by atoms with van der Waals surface area (Å²) in [7, 11) is 0. The van der Waals surface area contributed by atoms with E-state index in [2.05, 4.69) is 9.97 Å². The summed E-state index contributed by atoms with van der Waals surface area (Å²) >= 11 is 12.2. The Balaban J connectivity index is 1.74. The van der Waals surface area contributed by atoms with Crippen molar-refractivity contribution in [1.29, 1.82) is 0 Å². The third-order valence-corrected chi connectivity index (χ3v) is 5.09. The summed E-state index contributed by atoms with van der Waals surface area (Å²) in [5, 5.41) is 2.97. The van der Waals surface area contributed by atoms with Crippen molar-refractivity contribution in [2.45, 2.75) is 6.61 Å². The molecule has 1 aromatic heterocycles. The zero-order valence-corrected chi connectivity index (χ0v) is 16.2. The van der Waals surface area contributed by atoms with Crippen LogP contribution in [0.1, 0.15) is 5.69 Å². The quantitative estimate of drug-likeness (QED) is 0.473. The minimum atomic E-state index is 0.0813. The molecule has 0 radical (unpaired) electrons. The van der Waals surface area contributed by atoms with Crippen molar-refractivity contribution in [2.75, 3.05) is 11.5 Å². The number of anilines is 2. The summed E-state index contributed by atoms with van der Waals surface area (Å²) in [6, 6.07) is 19.1. The molecule has 0 bridgehead atoms. The largest absolute Gasteiger partial charge is 0.487 e. The lowest BCUT2D eigenvalue weighted by Gasteiger charge is -2.14. The van der Waals surface area contributed by atoms with Crippen LogP contribution in [0.25, 0.3) is 21.9 Å². The molecule has 0 amide bonds. The Kier molecular flexibility index (Phi) is 4.94. The summed E-state index contributed by atoms with van der Waals surface area (Å²) in [5.41, 5.74) is 13.9. The molecule has 4 rings (SSSR count). The first kappa shape index (κ1) is 18.3. The smallest absolute Gasteiger partial charge is 0.222 e. The molecule has 0 spiro atoms. The predicted molar refractivity (Wildman–Crippen MR) is 115 cm³/mol. The molecule has 0 unspecified atom stereocenters. The van der Waals surface area contributed by atoms with Crippen molar-refractivity contribution < 1.29 is 4.74 Å². The number of fused-ring (bicyclic) bond motifs is 1. The van der Waals surface area contributed by atoms with Gasteiger partial charge in [0, 0.05) is 10.9 Å². The molecule has 28 heavy (non-hydrogen) atoms. The lowest BCUT2D eigenvalue weighted by molar-refractivity contribution is 0.306. The number of nitrogens with zero attached hydrogens (tertiary/aromatic N) is 2. The highest BCUT2D eigenvalue weighted by molar-refractivity contribution is 6.42. The molecule has 0 fully saturated rings. The van der Waals surface area contributed by atoms with E-state index in [1.165, 1.54) is 0 Å². The van der Waals surface area contributed by atoms with Crippen LogP contribution in [0.15, 0.2) is 60.7 Å². The average Bonchev–Trinajstić information content (AvgIpc) is 2.68. The summed E-state index contributed by atoms with van der Waals surface area (Å²) in [6.45, 7) is 0.167. The van der Waals surface area contributed by atoms with Crippen LogP contribution in [-0.2, 0) is 6.61 Å². The van der Waals surface area contributed by atoms with E-state index in [-0.39, 0.29) is 18.4 Å². The Labute approximate surface area is 171 Å². The Hall–Kier alpha value is -3.02. The fourth-order valence-electron chi connectivity index (χ4n) is 3.08. The van der Waals surface area contributed by atoms with Crippen LogP contribution in [-0.4, -0.2) is 9.97 Å². The van der Waals surface area contributed by atoms with Crippen LogP contribution in [0.3, 0.4) is 0 Å². The van der Waals surface area contributed by atoms with Gasteiger partial charge < -0.3 is 16.2 Å². The van der Waals surface area contributed by atoms with Crippen LogP contribution in [0.5, 0.6) is 5.75 Å². The van der Waals surface area contributed by atoms with Gasteiger partial charge in [0.05, 0.1) is 15.7 Å². The van der Waals surface area contributed by atoms with Gasteiger partial charge in [-0.25, -0.2) is 4.98 Å². The Morgan fingerprint density at radius 3 is 2.46 bits per heavy atom. The lowest BCUT2D eigenvalue weighted by atomic mass is 10.0. The van der Waals surface area contributed by atoms with Crippen LogP contribution >= 0.6 is 23.2 Å². The number of halogens is 2. The maximum absolute atomic E-state index is 6.17. The molecule has 0 aliphatic rings. The van der Waals surface area contributed by atoms with Crippen molar-refractivity contribution in [3.05, 3.63) is 76.4 Å². The standard InChI is InChI=1S/C21H16Cl2N4O/c22-15-9-8-13(10-16(15)23)19-17(26-21(25)27-20(19)24)11-28-18-7-3-5-12-4-1-2-6-14(12)18/h1-10H,11H2,(H4,24,25,26,27). The van der Waals surface area contributed by atoms with Gasteiger partial charge in [0.15, 0.2) is 0 Å². The Morgan fingerprint density at radius 1 is 0.857 bits per heavy atom. The zero-order chi connectivity index (χ0) is 19.7. The normalized spacial score (nSPS) is 10.9. The number of nitrogens with two attached hydrogens (primary N) is 2. The van der Waals surface area contributed by atoms with Gasteiger partial charge >= 0.3 is 0 Å². The fraction of sp³-hybridized carbons (Fsp3) is 0.0476. The molecule has 1 heterocycles. The first-order valence-corrected chi connectivity index (χ1v) is 9.26. The molecule has 0 saturated heterocycles. The number of rotatable bonds is 4.